The average molecular weight is 493 g/mol. The summed E-state index contributed by atoms with van der Waals surface area (Å²) in [7, 11) is -3.84. The Hall–Kier alpha value is -2.69. The Morgan fingerprint density at radius 1 is 1.21 bits per heavy atom. The smallest absolute Gasteiger partial charge is 0.264 e. The van der Waals surface area contributed by atoms with E-state index in [0.29, 0.717) is 18.4 Å². The maximum absolute atomic E-state index is 12.6. The topological polar surface area (TPSA) is 135 Å². The molecule has 0 spiro atoms. The molecule has 1 heterocycles. The van der Waals surface area contributed by atoms with Crippen molar-refractivity contribution in [3.8, 4) is 16.9 Å². The second kappa shape index (κ2) is 9.89. The molecule has 1 saturated carbocycles. The largest absolute Gasteiger partial charge is 0.490 e. The van der Waals surface area contributed by atoms with Crippen molar-refractivity contribution in [2.45, 2.75) is 68.9 Å². The first-order chi connectivity index (χ1) is 15.8. The summed E-state index contributed by atoms with van der Waals surface area (Å²) in [6.07, 6.45) is 5.37. The van der Waals surface area contributed by atoms with Crippen LogP contribution in [0.25, 0.3) is 11.1 Å². The second-order valence-corrected chi connectivity index (χ2v) is 11.9. The fourth-order valence-corrected chi connectivity index (χ4v) is 4.89. The van der Waals surface area contributed by atoms with E-state index in [1.807, 2.05) is 31.2 Å². The van der Waals surface area contributed by atoms with Crippen LogP contribution in [0.15, 0.2) is 47.4 Å². The summed E-state index contributed by atoms with van der Waals surface area (Å²) >= 11 is 0. The van der Waals surface area contributed by atoms with Crippen molar-refractivity contribution in [3.63, 3.8) is 0 Å². The number of benzene rings is 1. The van der Waals surface area contributed by atoms with Crippen LogP contribution in [0.5, 0.6) is 5.75 Å². The number of ether oxygens (including phenoxy) is 1. The lowest BCUT2D eigenvalue weighted by Crippen LogP contribution is -2.49. The molecule has 0 unspecified atom stereocenters. The van der Waals surface area contributed by atoms with E-state index in [1.165, 1.54) is 23.0 Å². The van der Waals surface area contributed by atoms with Gasteiger partial charge in [0.1, 0.15) is 5.75 Å². The summed E-state index contributed by atoms with van der Waals surface area (Å²) < 4.78 is 29.7. The quantitative estimate of drug-likeness (QED) is 0.380. The maximum atomic E-state index is 12.6. The van der Waals surface area contributed by atoms with Gasteiger partial charge in [0.2, 0.25) is 0 Å². The van der Waals surface area contributed by atoms with Gasteiger partial charge in [0, 0.05) is 25.1 Å². The van der Waals surface area contributed by atoms with Crippen molar-refractivity contribution in [2.24, 2.45) is 0 Å². The van der Waals surface area contributed by atoms with Gasteiger partial charge < -0.3 is 14.4 Å². The SMILES string of the molecule is CC1(O)CCC(Oc2ccc(-c3ccn(CC[C@](C)(C(=O)NO)S(C)(=O)=O)c(=O)c3)cc2)CC1. The highest BCUT2D eigenvalue weighted by Gasteiger charge is 2.43. The minimum Gasteiger partial charge on any atom is -0.490 e. The molecule has 1 amide bonds. The molecule has 1 aromatic heterocycles. The molecule has 9 nitrogen and oxygen atoms in total. The van der Waals surface area contributed by atoms with Crippen molar-refractivity contribution in [1.29, 1.82) is 0 Å². The van der Waals surface area contributed by atoms with Crippen LogP contribution < -0.4 is 15.8 Å². The van der Waals surface area contributed by atoms with Gasteiger partial charge in [-0.1, -0.05) is 12.1 Å². The Kier molecular flexibility index (Phi) is 7.54. The lowest BCUT2D eigenvalue weighted by molar-refractivity contribution is -0.131. The van der Waals surface area contributed by atoms with E-state index in [4.69, 9.17) is 9.94 Å². The van der Waals surface area contributed by atoms with Gasteiger partial charge in [0.25, 0.3) is 11.5 Å². The van der Waals surface area contributed by atoms with Gasteiger partial charge in [0.15, 0.2) is 14.6 Å². The lowest BCUT2D eigenvalue weighted by Gasteiger charge is -2.33. The molecule has 10 heteroatoms. The first kappa shape index (κ1) is 25.9. The molecule has 3 N–H and O–H groups in total. The molecule has 0 bridgehead atoms. The van der Waals surface area contributed by atoms with E-state index in [2.05, 4.69) is 0 Å². The molecule has 1 aliphatic carbocycles. The Morgan fingerprint density at radius 2 is 1.82 bits per heavy atom. The fraction of sp³-hybridized carbons (Fsp3) is 0.500. The number of amides is 1. The normalized spacial score (nSPS) is 22.6. The number of hydrogen-bond acceptors (Lipinski definition) is 7. The van der Waals surface area contributed by atoms with E-state index in [9.17, 15) is 23.1 Å². The van der Waals surface area contributed by atoms with Crippen molar-refractivity contribution in [1.82, 2.24) is 10.0 Å². The van der Waals surface area contributed by atoms with Crippen molar-refractivity contribution in [3.05, 3.63) is 52.9 Å². The van der Waals surface area contributed by atoms with Gasteiger partial charge in [-0.05, 0) is 75.3 Å². The number of hydroxylamine groups is 1. The van der Waals surface area contributed by atoms with Crippen LogP contribution in [0.1, 0.15) is 46.0 Å². The molecular weight excluding hydrogens is 460 g/mol. The van der Waals surface area contributed by atoms with Crippen molar-refractivity contribution >= 4 is 15.7 Å². The Balaban J connectivity index is 1.68. The third-order valence-electron chi connectivity index (χ3n) is 6.73. The molecule has 0 aliphatic heterocycles. The van der Waals surface area contributed by atoms with Crippen LogP contribution in [0, 0.1) is 0 Å². The van der Waals surface area contributed by atoms with Gasteiger partial charge in [0.05, 0.1) is 11.7 Å². The molecule has 1 aromatic carbocycles. The van der Waals surface area contributed by atoms with E-state index in [0.717, 1.165) is 30.4 Å². The first-order valence-electron chi connectivity index (χ1n) is 11.2. The zero-order valence-corrected chi connectivity index (χ0v) is 20.5. The van der Waals surface area contributed by atoms with Crippen molar-refractivity contribution < 1.29 is 28.3 Å². The summed E-state index contributed by atoms with van der Waals surface area (Å²) in [6.45, 7) is 3.05. The molecule has 34 heavy (non-hydrogen) atoms. The number of carbonyl (C=O) groups excluding carboxylic acids is 1. The monoisotopic (exact) mass is 492 g/mol. The molecule has 1 atom stereocenters. The van der Waals surface area contributed by atoms with E-state index < -0.39 is 26.1 Å². The number of carbonyl (C=O) groups is 1. The number of aryl methyl sites for hydroxylation is 1. The number of nitrogens with one attached hydrogen (secondary N) is 1. The highest BCUT2D eigenvalue weighted by atomic mass is 32.2. The molecule has 0 saturated heterocycles. The van der Waals surface area contributed by atoms with Crippen LogP contribution in [0.2, 0.25) is 0 Å². The van der Waals surface area contributed by atoms with Gasteiger partial charge in [-0.25, -0.2) is 13.9 Å². The number of hydrogen-bond donors (Lipinski definition) is 3. The molecule has 3 rings (SSSR count). The summed E-state index contributed by atoms with van der Waals surface area (Å²) in [5.41, 5.74) is 1.97. The summed E-state index contributed by atoms with van der Waals surface area (Å²) in [6, 6.07) is 10.6. The van der Waals surface area contributed by atoms with E-state index in [-0.39, 0.29) is 24.6 Å². The molecule has 0 radical (unpaired) electrons. The average Bonchev–Trinajstić information content (AvgIpc) is 2.78. The van der Waals surface area contributed by atoms with Crippen LogP contribution in [-0.4, -0.2) is 51.9 Å². The summed E-state index contributed by atoms with van der Waals surface area (Å²) in [5, 5.41) is 19.0. The first-order valence-corrected chi connectivity index (χ1v) is 13.1. The Labute approximate surface area is 199 Å². The van der Waals surface area contributed by atoms with Crippen LogP contribution in [-0.2, 0) is 21.2 Å². The number of aromatic nitrogens is 1. The zero-order chi connectivity index (χ0) is 25.1. The molecule has 186 valence electrons. The van der Waals surface area contributed by atoms with E-state index >= 15 is 0 Å². The molecular formula is C24H32N2O7S. The molecule has 1 fully saturated rings. The number of pyridine rings is 1. The third kappa shape index (κ3) is 5.86. The zero-order valence-electron chi connectivity index (χ0n) is 19.7. The molecule has 1 aliphatic rings. The minimum absolute atomic E-state index is 0.0167. The van der Waals surface area contributed by atoms with Gasteiger partial charge in [-0.3, -0.25) is 14.8 Å². The highest BCUT2D eigenvalue weighted by Crippen LogP contribution is 2.31. The predicted molar refractivity (Wildman–Crippen MR) is 127 cm³/mol. The maximum Gasteiger partial charge on any atom is 0.264 e. The molecule has 2 aromatic rings. The van der Waals surface area contributed by atoms with Gasteiger partial charge >= 0.3 is 0 Å². The third-order valence-corrected chi connectivity index (χ3v) is 8.75. The number of sulfone groups is 1. The number of aliphatic hydroxyl groups is 1. The number of nitrogens with zero attached hydrogens (tertiary/aromatic N) is 1. The summed E-state index contributed by atoms with van der Waals surface area (Å²) in [5.74, 6) is -0.313. The Bertz CT molecular complexity index is 1180. The fourth-order valence-electron chi connectivity index (χ4n) is 4.04. The lowest BCUT2D eigenvalue weighted by atomic mass is 9.85. The Morgan fingerprint density at radius 3 is 2.35 bits per heavy atom. The standard InChI is InChI=1S/C24H32N2O7S/c1-23(29)11-8-20(9-12-23)33-19-6-4-17(5-7-19)18-10-14-26(21(27)16-18)15-13-24(2,22(28)25-30)34(3,31)32/h4-7,10,14,16,20,29-30H,8-9,11-13,15H2,1-3H3,(H,25,28)/t20?,23?,24-/m1/s1. The second-order valence-electron chi connectivity index (χ2n) is 9.48. The van der Waals surface area contributed by atoms with Crippen LogP contribution in [0.3, 0.4) is 0 Å². The number of rotatable bonds is 8. The van der Waals surface area contributed by atoms with Crippen LogP contribution in [0.4, 0.5) is 0 Å². The van der Waals surface area contributed by atoms with Gasteiger partial charge in [-0.2, -0.15) is 0 Å². The minimum atomic E-state index is -3.84. The van der Waals surface area contributed by atoms with Crippen molar-refractivity contribution in [2.75, 3.05) is 6.26 Å². The van der Waals surface area contributed by atoms with Crippen LogP contribution >= 0.6 is 0 Å². The predicted octanol–water partition coefficient (Wildman–Crippen LogP) is 2.29. The highest BCUT2D eigenvalue weighted by molar-refractivity contribution is 7.92. The summed E-state index contributed by atoms with van der Waals surface area (Å²) in [4.78, 5) is 24.6. The van der Waals surface area contributed by atoms with Gasteiger partial charge in [-0.15, -0.1) is 0 Å². The van der Waals surface area contributed by atoms with E-state index in [1.54, 1.807) is 12.3 Å².